The van der Waals surface area contributed by atoms with Gasteiger partial charge in [0.15, 0.2) is 0 Å². The van der Waals surface area contributed by atoms with E-state index in [2.05, 4.69) is 32.0 Å². The second kappa shape index (κ2) is 3.74. The molecule has 17 heavy (non-hydrogen) atoms. The molecular weight excluding hydrogens is 210 g/mol. The molecule has 1 aliphatic heterocycles. The van der Waals surface area contributed by atoms with Gasteiger partial charge < -0.3 is 10.5 Å². The van der Waals surface area contributed by atoms with Crippen LogP contribution < -0.4 is 10.5 Å². The molecule has 2 aliphatic rings. The summed E-state index contributed by atoms with van der Waals surface area (Å²) < 4.78 is 6.30. The number of fused-ring (bicyclic) bond motifs is 1. The zero-order valence-electron chi connectivity index (χ0n) is 10.7. The summed E-state index contributed by atoms with van der Waals surface area (Å²) in [4.78, 5) is 0. The van der Waals surface area contributed by atoms with Crippen LogP contribution in [-0.4, -0.2) is 5.60 Å². The van der Waals surface area contributed by atoms with Crippen molar-refractivity contribution in [2.75, 3.05) is 0 Å². The number of hydrogen-bond donors (Lipinski definition) is 1. The lowest BCUT2D eigenvalue weighted by Gasteiger charge is -2.39. The zero-order valence-corrected chi connectivity index (χ0v) is 10.7. The van der Waals surface area contributed by atoms with Gasteiger partial charge in [-0.3, -0.25) is 0 Å². The number of hydrogen-bond acceptors (Lipinski definition) is 2. The molecule has 1 saturated carbocycles. The average Bonchev–Trinajstić information content (AvgIpc) is 2.61. The predicted octanol–water partition coefficient (Wildman–Crippen LogP) is 3.34. The highest BCUT2D eigenvalue weighted by atomic mass is 16.5. The van der Waals surface area contributed by atoms with Crippen molar-refractivity contribution in [1.29, 1.82) is 0 Å². The van der Waals surface area contributed by atoms with Gasteiger partial charge in [0.05, 0.1) is 0 Å². The van der Waals surface area contributed by atoms with Crippen LogP contribution >= 0.6 is 0 Å². The number of benzene rings is 1. The van der Waals surface area contributed by atoms with Crippen molar-refractivity contribution in [1.82, 2.24) is 0 Å². The Morgan fingerprint density at radius 1 is 1.35 bits per heavy atom. The quantitative estimate of drug-likeness (QED) is 0.743. The van der Waals surface area contributed by atoms with E-state index < -0.39 is 0 Å². The molecule has 1 heterocycles. The van der Waals surface area contributed by atoms with Crippen LogP contribution in [0.25, 0.3) is 0 Å². The minimum atomic E-state index is 0.0289. The van der Waals surface area contributed by atoms with Crippen molar-refractivity contribution in [2.45, 2.75) is 51.2 Å². The van der Waals surface area contributed by atoms with Gasteiger partial charge in [-0.05, 0) is 38.2 Å². The topological polar surface area (TPSA) is 35.2 Å². The molecule has 0 bridgehead atoms. The molecule has 3 rings (SSSR count). The fraction of sp³-hybridized carbons (Fsp3) is 0.600. The van der Waals surface area contributed by atoms with E-state index in [1.54, 1.807) is 0 Å². The van der Waals surface area contributed by atoms with Crippen molar-refractivity contribution < 1.29 is 4.74 Å². The Hall–Kier alpha value is -1.02. The summed E-state index contributed by atoms with van der Waals surface area (Å²) in [5, 5.41) is 0. The van der Waals surface area contributed by atoms with E-state index in [9.17, 15) is 0 Å². The fourth-order valence-corrected chi connectivity index (χ4v) is 3.46. The molecule has 2 nitrogen and oxygen atoms in total. The molecule has 1 aliphatic carbocycles. The number of ether oxygens (including phenoxy) is 1. The minimum absolute atomic E-state index is 0.0289. The predicted molar refractivity (Wildman–Crippen MR) is 69.1 cm³/mol. The van der Waals surface area contributed by atoms with E-state index in [-0.39, 0.29) is 11.6 Å². The van der Waals surface area contributed by atoms with Gasteiger partial charge in [-0.25, -0.2) is 0 Å². The second-order valence-electron chi connectivity index (χ2n) is 5.98. The van der Waals surface area contributed by atoms with Gasteiger partial charge in [0.2, 0.25) is 0 Å². The third kappa shape index (κ3) is 1.85. The van der Waals surface area contributed by atoms with E-state index in [0.29, 0.717) is 0 Å². The molecule has 0 aromatic heterocycles. The number of aryl methyl sites for hydroxylation is 1. The number of rotatable bonds is 0. The first kappa shape index (κ1) is 11.1. The molecular formula is C15H21NO. The Labute approximate surface area is 103 Å². The molecule has 0 saturated heterocycles. The summed E-state index contributed by atoms with van der Waals surface area (Å²) in [6.45, 7) is 4.42. The minimum Gasteiger partial charge on any atom is -0.487 e. The van der Waals surface area contributed by atoms with Crippen LogP contribution in [0.4, 0.5) is 0 Å². The Morgan fingerprint density at radius 2 is 2.18 bits per heavy atom. The van der Waals surface area contributed by atoms with Gasteiger partial charge >= 0.3 is 0 Å². The van der Waals surface area contributed by atoms with Crippen molar-refractivity contribution in [3.63, 3.8) is 0 Å². The highest BCUT2D eigenvalue weighted by Crippen LogP contribution is 2.48. The van der Waals surface area contributed by atoms with Crippen LogP contribution in [0.15, 0.2) is 18.2 Å². The maximum Gasteiger partial charge on any atom is 0.124 e. The number of nitrogens with two attached hydrogens (primary N) is 1. The monoisotopic (exact) mass is 231 g/mol. The molecule has 2 N–H and O–H groups in total. The van der Waals surface area contributed by atoms with Gasteiger partial charge in [0, 0.05) is 18.0 Å². The lowest BCUT2D eigenvalue weighted by atomic mass is 9.85. The maximum atomic E-state index is 6.34. The zero-order chi connectivity index (χ0) is 12.0. The maximum absolute atomic E-state index is 6.34. The smallest absolute Gasteiger partial charge is 0.124 e. The first-order valence-electron chi connectivity index (χ1n) is 6.63. The Morgan fingerprint density at radius 3 is 2.88 bits per heavy atom. The van der Waals surface area contributed by atoms with Gasteiger partial charge in [-0.15, -0.1) is 0 Å². The van der Waals surface area contributed by atoms with Crippen molar-refractivity contribution >= 4 is 0 Å². The molecule has 0 amide bonds. The Balaban J connectivity index is 1.96. The molecule has 2 heteroatoms. The molecule has 1 fully saturated rings. The normalized spacial score (nSPS) is 35.7. The highest BCUT2D eigenvalue weighted by Gasteiger charge is 2.44. The molecule has 1 aromatic carbocycles. The van der Waals surface area contributed by atoms with Crippen LogP contribution in [-0.2, 0) is 0 Å². The van der Waals surface area contributed by atoms with Gasteiger partial charge in [-0.1, -0.05) is 24.6 Å². The first-order chi connectivity index (χ1) is 8.08. The Kier molecular flexibility index (Phi) is 2.44. The van der Waals surface area contributed by atoms with Crippen LogP contribution in [0, 0.1) is 12.8 Å². The van der Waals surface area contributed by atoms with Crippen molar-refractivity contribution in [3.8, 4) is 5.75 Å². The van der Waals surface area contributed by atoms with E-state index in [4.69, 9.17) is 10.5 Å². The van der Waals surface area contributed by atoms with E-state index >= 15 is 0 Å². The Bertz CT molecular complexity index is 443. The fourth-order valence-electron chi connectivity index (χ4n) is 3.46. The second-order valence-corrected chi connectivity index (χ2v) is 5.98. The molecule has 1 aromatic rings. The summed E-state index contributed by atoms with van der Waals surface area (Å²) in [7, 11) is 0. The molecule has 92 valence electrons. The largest absolute Gasteiger partial charge is 0.487 e. The molecule has 1 spiro atoms. The lowest BCUT2D eigenvalue weighted by molar-refractivity contribution is 0.0393. The van der Waals surface area contributed by atoms with Crippen LogP contribution in [0.5, 0.6) is 5.75 Å². The van der Waals surface area contributed by atoms with Crippen molar-refractivity contribution in [3.05, 3.63) is 29.3 Å². The highest BCUT2D eigenvalue weighted by molar-refractivity contribution is 5.41. The summed E-state index contributed by atoms with van der Waals surface area (Å²) >= 11 is 0. The third-order valence-corrected chi connectivity index (χ3v) is 4.30. The average molecular weight is 231 g/mol. The molecule has 3 atom stereocenters. The summed E-state index contributed by atoms with van der Waals surface area (Å²) in [6.07, 6.45) is 4.57. The molecule has 2 unspecified atom stereocenters. The van der Waals surface area contributed by atoms with Gasteiger partial charge in [-0.2, -0.15) is 0 Å². The third-order valence-electron chi connectivity index (χ3n) is 4.30. The van der Waals surface area contributed by atoms with E-state index in [0.717, 1.165) is 30.9 Å². The lowest BCUT2D eigenvalue weighted by Crippen LogP contribution is -2.40. The van der Waals surface area contributed by atoms with Crippen LogP contribution in [0.1, 0.15) is 49.8 Å². The van der Waals surface area contributed by atoms with Crippen LogP contribution in [0.3, 0.4) is 0 Å². The van der Waals surface area contributed by atoms with E-state index in [1.165, 1.54) is 17.5 Å². The SMILES string of the molecule is Cc1ccc2c(c1)[C@@H](N)CC1(CCC(C)C1)O2. The van der Waals surface area contributed by atoms with Gasteiger partial charge in [0.1, 0.15) is 11.4 Å². The van der Waals surface area contributed by atoms with Crippen molar-refractivity contribution in [2.24, 2.45) is 11.7 Å². The first-order valence-corrected chi connectivity index (χ1v) is 6.63. The van der Waals surface area contributed by atoms with E-state index in [1.807, 2.05) is 0 Å². The molecule has 0 radical (unpaired) electrons. The standard InChI is InChI=1S/C15H21NO/c1-10-3-4-14-12(7-10)13(16)9-15(17-14)6-5-11(2)8-15/h3-4,7,11,13H,5-6,8-9,16H2,1-2H3/t11?,13-,15?/m0/s1. The summed E-state index contributed by atoms with van der Waals surface area (Å²) in [5.74, 6) is 1.79. The summed E-state index contributed by atoms with van der Waals surface area (Å²) in [5.41, 5.74) is 8.82. The van der Waals surface area contributed by atoms with Crippen LogP contribution in [0.2, 0.25) is 0 Å². The van der Waals surface area contributed by atoms with Gasteiger partial charge in [0.25, 0.3) is 0 Å². The summed E-state index contributed by atoms with van der Waals surface area (Å²) in [6, 6.07) is 6.52.